The molecule has 2 aromatic rings. The van der Waals surface area contributed by atoms with Crippen LogP contribution in [-0.2, 0) is 0 Å². The SMILES string of the molecule is Cc1oc(C)c(C(=O)Nc2cccc(C(=O)O)c2C)c1C. The Kier molecular flexibility index (Phi) is 3.84. The van der Waals surface area contributed by atoms with E-state index in [9.17, 15) is 9.59 Å². The summed E-state index contributed by atoms with van der Waals surface area (Å²) >= 11 is 0. The Balaban J connectivity index is 2.37. The minimum absolute atomic E-state index is 0.171. The van der Waals surface area contributed by atoms with Gasteiger partial charge in [0, 0.05) is 11.3 Å². The summed E-state index contributed by atoms with van der Waals surface area (Å²) in [4.78, 5) is 23.5. The monoisotopic (exact) mass is 287 g/mol. The molecule has 0 aliphatic carbocycles. The van der Waals surface area contributed by atoms with Crippen molar-refractivity contribution in [2.24, 2.45) is 0 Å². The molecule has 1 aromatic heterocycles. The first kappa shape index (κ1) is 14.8. The van der Waals surface area contributed by atoms with Crippen molar-refractivity contribution in [2.75, 3.05) is 5.32 Å². The van der Waals surface area contributed by atoms with Gasteiger partial charge in [0.2, 0.25) is 0 Å². The number of hydrogen-bond acceptors (Lipinski definition) is 3. The van der Waals surface area contributed by atoms with E-state index in [-0.39, 0.29) is 11.5 Å². The number of amides is 1. The summed E-state index contributed by atoms with van der Waals surface area (Å²) in [5.74, 6) is -0.0641. The number of rotatable bonds is 3. The summed E-state index contributed by atoms with van der Waals surface area (Å²) in [6.07, 6.45) is 0. The molecule has 0 aliphatic rings. The molecular formula is C16H17NO4. The van der Waals surface area contributed by atoms with Crippen molar-refractivity contribution < 1.29 is 19.1 Å². The average Bonchev–Trinajstić information content (AvgIpc) is 2.65. The maximum Gasteiger partial charge on any atom is 0.336 e. The number of carbonyl (C=O) groups excluding carboxylic acids is 1. The van der Waals surface area contributed by atoms with Gasteiger partial charge in [-0.3, -0.25) is 4.79 Å². The third kappa shape index (κ3) is 2.67. The number of nitrogens with one attached hydrogen (secondary N) is 1. The predicted octanol–water partition coefficient (Wildman–Crippen LogP) is 3.46. The van der Waals surface area contributed by atoms with Crippen molar-refractivity contribution in [3.05, 3.63) is 52.0 Å². The van der Waals surface area contributed by atoms with Gasteiger partial charge in [-0.05, 0) is 45.4 Å². The minimum atomic E-state index is -1.02. The average molecular weight is 287 g/mol. The van der Waals surface area contributed by atoms with Gasteiger partial charge in [0.25, 0.3) is 5.91 Å². The van der Waals surface area contributed by atoms with E-state index in [1.807, 2.05) is 6.92 Å². The molecule has 0 spiro atoms. The van der Waals surface area contributed by atoms with E-state index in [1.54, 1.807) is 32.9 Å². The number of anilines is 1. The van der Waals surface area contributed by atoms with E-state index in [2.05, 4.69) is 5.32 Å². The molecule has 0 fully saturated rings. The van der Waals surface area contributed by atoms with Gasteiger partial charge in [-0.15, -0.1) is 0 Å². The maximum absolute atomic E-state index is 12.4. The van der Waals surface area contributed by atoms with Gasteiger partial charge in [0.1, 0.15) is 11.5 Å². The highest BCUT2D eigenvalue weighted by atomic mass is 16.4. The predicted molar refractivity (Wildman–Crippen MR) is 79.0 cm³/mol. The Hall–Kier alpha value is -2.56. The van der Waals surface area contributed by atoms with Gasteiger partial charge in [-0.2, -0.15) is 0 Å². The Morgan fingerprint density at radius 2 is 1.71 bits per heavy atom. The zero-order chi connectivity index (χ0) is 15.7. The molecule has 0 atom stereocenters. The quantitative estimate of drug-likeness (QED) is 0.906. The summed E-state index contributed by atoms with van der Waals surface area (Å²) in [7, 11) is 0. The van der Waals surface area contributed by atoms with E-state index >= 15 is 0 Å². The Bertz CT molecular complexity index is 728. The number of benzene rings is 1. The lowest BCUT2D eigenvalue weighted by Crippen LogP contribution is -2.15. The molecule has 0 saturated carbocycles. The van der Waals surface area contributed by atoms with Crippen LogP contribution in [0.2, 0.25) is 0 Å². The molecule has 0 radical (unpaired) electrons. The smallest absolute Gasteiger partial charge is 0.336 e. The van der Waals surface area contributed by atoms with E-state index < -0.39 is 5.97 Å². The third-order valence-corrected chi connectivity index (χ3v) is 3.60. The zero-order valence-electron chi connectivity index (χ0n) is 12.4. The molecule has 2 rings (SSSR count). The molecule has 21 heavy (non-hydrogen) atoms. The third-order valence-electron chi connectivity index (χ3n) is 3.60. The number of carboxylic acids is 1. The van der Waals surface area contributed by atoms with Crippen LogP contribution in [0.5, 0.6) is 0 Å². The first-order valence-corrected chi connectivity index (χ1v) is 6.53. The molecule has 0 unspecified atom stereocenters. The second kappa shape index (κ2) is 5.44. The topological polar surface area (TPSA) is 79.5 Å². The van der Waals surface area contributed by atoms with Gasteiger partial charge < -0.3 is 14.8 Å². The van der Waals surface area contributed by atoms with Gasteiger partial charge >= 0.3 is 5.97 Å². The van der Waals surface area contributed by atoms with Crippen molar-refractivity contribution >= 4 is 17.6 Å². The van der Waals surface area contributed by atoms with Crippen LogP contribution in [0, 0.1) is 27.7 Å². The Morgan fingerprint density at radius 1 is 1.05 bits per heavy atom. The summed E-state index contributed by atoms with van der Waals surface area (Å²) in [5, 5.41) is 11.9. The second-order valence-electron chi connectivity index (χ2n) is 4.95. The van der Waals surface area contributed by atoms with Crippen LogP contribution in [0.4, 0.5) is 5.69 Å². The molecular weight excluding hydrogens is 270 g/mol. The number of hydrogen-bond donors (Lipinski definition) is 2. The van der Waals surface area contributed by atoms with Crippen LogP contribution in [0.3, 0.4) is 0 Å². The molecule has 5 heteroatoms. The van der Waals surface area contributed by atoms with E-state index in [0.29, 0.717) is 28.3 Å². The molecule has 110 valence electrons. The van der Waals surface area contributed by atoms with Crippen LogP contribution in [0.25, 0.3) is 0 Å². The first-order valence-electron chi connectivity index (χ1n) is 6.53. The zero-order valence-corrected chi connectivity index (χ0v) is 12.4. The van der Waals surface area contributed by atoms with Gasteiger partial charge in [0.05, 0.1) is 11.1 Å². The van der Waals surface area contributed by atoms with Crippen LogP contribution >= 0.6 is 0 Å². The molecule has 2 N–H and O–H groups in total. The summed E-state index contributed by atoms with van der Waals surface area (Å²) < 4.78 is 5.44. The largest absolute Gasteiger partial charge is 0.478 e. The van der Waals surface area contributed by atoms with Crippen LogP contribution in [0.15, 0.2) is 22.6 Å². The van der Waals surface area contributed by atoms with E-state index in [4.69, 9.17) is 9.52 Å². The Morgan fingerprint density at radius 3 is 2.24 bits per heavy atom. The van der Waals surface area contributed by atoms with Crippen molar-refractivity contribution in [3.63, 3.8) is 0 Å². The molecule has 5 nitrogen and oxygen atoms in total. The van der Waals surface area contributed by atoms with Gasteiger partial charge in [-0.25, -0.2) is 4.79 Å². The summed E-state index contributed by atoms with van der Waals surface area (Å²) in [6, 6.07) is 4.79. The summed E-state index contributed by atoms with van der Waals surface area (Å²) in [5.41, 5.74) is 2.46. The maximum atomic E-state index is 12.4. The number of aromatic carboxylic acids is 1. The molecule has 1 aromatic carbocycles. The number of carbonyl (C=O) groups is 2. The second-order valence-corrected chi connectivity index (χ2v) is 4.95. The normalized spacial score (nSPS) is 10.5. The molecule has 0 bridgehead atoms. The van der Waals surface area contributed by atoms with Crippen LogP contribution < -0.4 is 5.32 Å². The van der Waals surface area contributed by atoms with Gasteiger partial charge in [0.15, 0.2) is 0 Å². The fourth-order valence-corrected chi connectivity index (χ4v) is 2.32. The Labute approximate surface area is 122 Å². The molecule has 0 aliphatic heterocycles. The molecule has 0 saturated heterocycles. The fraction of sp³-hybridized carbons (Fsp3) is 0.250. The van der Waals surface area contributed by atoms with Crippen molar-refractivity contribution in [1.82, 2.24) is 0 Å². The number of carboxylic acid groups (broad SMARTS) is 1. The van der Waals surface area contributed by atoms with Crippen LogP contribution in [0.1, 0.15) is 43.4 Å². The lowest BCUT2D eigenvalue weighted by Gasteiger charge is -2.10. The van der Waals surface area contributed by atoms with Crippen LogP contribution in [-0.4, -0.2) is 17.0 Å². The highest BCUT2D eigenvalue weighted by Crippen LogP contribution is 2.24. The highest BCUT2D eigenvalue weighted by Gasteiger charge is 2.20. The standard InChI is InChI=1S/C16H17NO4/c1-8-10(3)21-11(4)14(8)15(18)17-13-7-5-6-12(9(13)2)16(19)20/h5-7H,1-4H3,(H,17,18)(H,19,20). The van der Waals surface area contributed by atoms with E-state index in [1.165, 1.54) is 6.07 Å². The summed E-state index contributed by atoms with van der Waals surface area (Å²) in [6.45, 7) is 7.02. The first-order chi connectivity index (χ1) is 9.82. The van der Waals surface area contributed by atoms with Gasteiger partial charge in [-0.1, -0.05) is 6.07 Å². The minimum Gasteiger partial charge on any atom is -0.478 e. The van der Waals surface area contributed by atoms with Crippen molar-refractivity contribution in [3.8, 4) is 0 Å². The lowest BCUT2D eigenvalue weighted by atomic mass is 10.1. The fourth-order valence-electron chi connectivity index (χ4n) is 2.32. The van der Waals surface area contributed by atoms with E-state index in [0.717, 1.165) is 5.56 Å². The number of aryl methyl sites for hydroxylation is 2. The number of furan rings is 1. The molecule has 1 heterocycles. The lowest BCUT2D eigenvalue weighted by molar-refractivity contribution is 0.0695. The highest BCUT2D eigenvalue weighted by molar-refractivity contribution is 6.07. The van der Waals surface area contributed by atoms with Crippen molar-refractivity contribution in [2.45, 2.75) is 27.7 Å². The van der Waals surface area contributed by atoms with Crippen molar-refractivity contribution in [1.29, 1.82) is 0 Å². The molecule has 1 amide bonds.